The van der Waals surface area contributed by atoms with Gasteiger partial charge in [0.15, 0.2) is 11.5 Å². The minimum Gasteiger partial charge on any atom is -0.462 e. The SMILES string of the molecule is O=C(Oc1c(Cl)cc(Cl)c(Cl)c1C(=O)OCCCCc1ccccc1)C(=O)Oc1c(Cl)cc(Cl)c(Cl)c1C(=O)OCCCCc1ccccc1. The van der Waals surface area contributed by atoms with Crippen LogP contribution in [0.3, 0.4) is 0 Å². The number of unbranched alkanes of at least 4 members (excludes halogenated alkanes) is 2. The van der Waals surface area contributed by atoms with Crippen molar-refractivity contribution in [2.45, 2.75) is 38.5 Å². The Labute approximate surface area is 318 Å². The molecule has 0 saturated carbocycles. The molecule has 14 heteroatoms. The van der Waals surface area contributed by atoms with E-state index < -0.39 is 46.5 Å². The number of aryl methyl sites for hydroxylation is 2. The lowest BCUT2D eigenvalue weighted by Gasteiger charge is -2.15. The molecule has 0 spiro atoms. The molecule has 0 amide bonds. The lowest BCUT2D eigenvalue weighted by molar-refractivity contribution is -0.156. The van der Waals surface area contributed by atoms with Gasteiger partial charge in [0.25, 0.3) is 0 Å². The number of benzene rings is 4. The summed E-state index contributed by atoms with van der Waals surface area (Å²) in [5.74, 6) is -6.54. The van der Waals surface area contributed by atoms with E-state index in [1.54, 1.807) is 0 Å². The zero-order valence-electron chi connectivity index (χ0n) is 26.1. The first kappa shape index (κ1) is 39.3. The second-order valence-corrected chi connectivity index (χ2v) is 13.0. The fourth-order valence-electron chi connectivity index (χ4n) is 4.62. The van der Waals surface area contributed by atoms with Gasteiger partial charge in [-0.3, -0.25) is 0 Å². The maximum atomic E-state index is 13.1. The van der Waals surface area contributed by atoms with Crippen LogP contribution in [0.15, 0.2) is 72.8 Å². The zero-order chi connectivity index (χ0) is 36.2. The molecule has 0 unspecified atom stereocenters. The standard InChI is InChI=1S/C36H28Cl6O8/c37-23-19-25(39)31(27(29(23)41)33(43)47-17-9-7-15-21-11-3-1-4-12-21)49-35(45)36(46)50-32-26(40)20-24(38)30(42)28(32)34(44)48-18-10-8-16-22-13-5-2-6-14-22/h1-6,11-14,19-20H,7-10,15-18H2. The highest BCUT2D eigenvalue weighted by Gasteiger charge is 2.32. The monoisotopic (exact) mass is 798 g/mol. The van der Waals surface area contributed by atoms with E-state index in [1.165, 1.54) is 0 Å². The fourth-order valence-corrected chi connectivity index (χ4v) is 6.05. The Morgan fingerprint density at radius 3 is 1.20 bits per heavy atom. The van der Waals surface area contributed by atoms with E-state index >= 15 is 0 Å². The Kier molecular flexibility index (Phi) is 15.1. The number of esters is 4. The van der Waals surface area contributed by atoms with Crippen LogP contribution in [0.1, 0.15) is 57.5 Å². The summed E-state index contributed by atoms with van der Waals surface area (Å²) in [7, 11) is 0. The average molecular weight is 801 g/mol. The van der Waals surface area contributed by atoms with Crippen LogP contribution in [0.4, 0.5) is 0 Å². The van der Waals surface area contributed by atoms with Gasteiger partial charge in [-0.1, -0.05) is 130 Å². The molecule has 0 heterocycles. The van der Waals surface area contributed by atoms with Gasteiger partial charge in [0.05, 0.1) is 43.3 Å². The fraction of sp³-hybridized carbons (Fsp3) is 0.222. The van der Waals surface area contributed by atoms with Crippen LogP contribution < -0.4 is 9.47 Å². The Balaban J connectivity index is 1.42. The van der Waals surface area contributed by atoms with E-state index in [2.05, 4.69) is 0 Å². The molecule has 0 fully saturated rings. The molecule has 4 aromatic rings. The molecule has 262 valence electrons. The van der Waals surface area contributed by atoms with E-state index in [1.807, 2.05) is 60.7 Å². The number of carbonyl (C=O) groups excluding carboxylic acids is 4. The number of ether oxygens (including phenoxy) is 4. The second kappa shape index (κ2) is 19.2. The smallest absolute Gasteiger partial charge is 0.423 e. The van der Waals surface area contributed by atoms with Crippen molar-refractivity contribution >= 4 is 93.5 Å². The summed E-state index contributed by atoms with van der Waals surface area (Å²) in [4.78, 5) is 52.1. The molecule has 0 aromatic heterocycles. The maximum absolute atomic E-state index is 13.1. The molecule has 0 bridgehead atoms. The van der Waals surface area contributed by atoms with Crippen molar-refractivity contribution in [2.24, 2.45) is 0 Å². The Bertz CT molecular complexity index is 1720. The zero-order valence-corrected chi connectivity index (χ0v) is 30.7. The third-order valence-electron chi connectivity index (χ3n) is 7.09. The quantitative estimate of drug-likeness (QED) is 0.0408. The first-order chi connectivity index (χ1) is 24.0. The second-order valence-electron chi connectivity index (χ2n) is 10.7. The molecule has 0 saturated heterocycles. The van der Waals surface area contributed by atoms with E-state index in [-0.39, 0.29) is 43.3 Å². The summed E-state index contributed by atoms with van der Waals surface area (Å²) in [5, 5.41) is -1.60. The van der Waals surface area contributed by atoms with Crippen molar-refractivity contribution in [3.63, 3.8) is 0 Å². The third kappa shape index (κ3) is 10.8. The van der Waals surface area contributed by atoms with Crippen LogP contribution in [0.5, 0.6) is 11.5 Å². The molecule has 8 nitrogen and oxygen atoms in total. The largest absolute Gasteiger partial charge is 0.462 e. The molecule has 0 aliphatic heterocycles. The lowest BCUT2D eigenvalue weighted by atomic mass is 10.1. The molecular formula is C36H28Cl6O8. The highest BCUT2D eigenvalue weighted by Crippen LogP contribution is 2.41. The van der Waals surface area contributed by atoms with E-state index in [9.17, 15) is 19.2 Å². The first-order valence-electron chi connectivity index (χ1n) is 15.2. The minimum absolute atomic E-state index is 0.00326. The molecule has 0 aliphatic carbocycles. The average Bonchev–Trinajstić information content (AvgIpc) is 3.10. The number of carbonyl (C=O) groups is 4. The molecule has 4 aromatic carbocycles. The van der Waals surface area contributed by atoms with Gasteiger partial charge in [0.2, 0.25) is 0 Å². The molecule has 0 atom stereocenters. The summed E-state index contributed by atoms with van der Waals surface area (Å²) in [6.45, 7) is 0.00652. The van der Waals surface area contributed by atoms with Crippen LogP contribution in [-0.2, 0) is 31.9 Å². The van der Waals surface area contributed by atoms with Gasteiger partial charge >= 0.3 is 23.9 Å². The molecule has 50 heavy (non-hydrogen) atoms. The first-order valence-corrected chi connectivity index (χ1v) is 17.5. The summed E-state index contributed by atoms with van der Waals surface area (Å²) >= 11 is 37.3. The third-order valence-corrected chi connectivity index (χ3v) is 9.23. The molecule has 0 aliphatic rings. The van der Waals surface area contributed by atoms with Crippen molar-refractivity contribution in [2.75, 3.05) is 13.2 Å². The van der Waals surface area contributed by atoms with Crippen LogP contribution >= 0.6 is 69.6 Å². The summed E-state index contributed by atoms with van der Waals surface area (Å²) in [6, 6.07) is 21.7. The number of hydrogen-bond donors (Lipinski definition) is 0. The van der Waals surface area contributed by atoms with E-state index in [0.29, 0.717) is 12.8 Å². The van der Waals surface area contributed by atoms with Crippen LogP contribution in [0, 0.1) is 0 Å². The van der Waals surface area contributed by atoms with Crippen molar-refractivity contribution < 1.29 is 38.1 Å². The van der Waals surface area contributed by atoms with Crippen LogP contribution in [0.2, 0.25) is 30.1 Å². The Morgan fingerprint density at radius 2 is 0.840 bits per heavy atom. The van der Waals surface area contributed by atoms with Crippen molar-refractivity contribution in [3.8, 4) is 11.5 Å². The number of rotatable bonds is 14. The molecule has 4 rings (SSSR count). The van der Waals surface area contributed by atoms with Gasteiger partial charge in [0, 0.05) is 0 Å². The molecule has 0 radical (unpaired) electrons. The van der Waals surface area contributed by atoms with Crippen molar-refractivity contribution in [1.82, 2.24) is 0 Å². The van der Waals surface area contributed by atoms with Gasteiger partial charge < -0.3 is 18.9 Å². The summed E-state index contributed by atoms with van der Waals surface area (Å²) in [5.41, 5.74) is 1.28. The van der Waals surface area contributed by atoms with Gasteiger partial charge in [-0.2, -0.15) is 0 Å². The lowest BCUT2D eigenvalue weighted by Crippen LogP contribution is -2.27. The highest BCUT2D eigenvalue weighted by molar-refractivity contribution is 6.47. The van der Waals surface area contributed by atoms with Crippen molar-refractivity contribution in [3.05, 3.63) is 125 Å². The Hall–Kier alpha value is -3.50. The van der Waals surface area contributed by atoms with Gasteiger partial charge in [-0.25, -0.2) is 19.2 Å². The van der Waals surface area contributed by atoms with Gasteiger partial charge in [-0.05, 0) is 61.8 Å². The van der Waals surface area contributed by atoms with Crippen molar-refractivity contribution in [1.29, 1.82) is 0 Å². The highest BCUT2D eigenvalue weighted by atomic mass is 35.5. The van der Waals surface area contributed by atoms with E-state index in [0.717, 1.165) is 48.9 Å². The predicted octanol–water partition coefficient (Wildman–Crippen LogP) is 10.5. The predicted molar refractivity (Wildman–Crippen MR) is 194 cm³/mol. The number of halogens is 6. The molecular weight excluding hydrogens is 773 g/mol. The van der Waals surface area contributed by atoms with Crippen LogP contribution in [-0.4, -0.2) is 37.1 Å². The number of hydrogen-bond acceptors (Lipinski definition) is 8. The minimum atomic E-state index is -1.66. The summed E-state index contributed by atoms with van der Waals surface area (Å²) in [6.07, 6.45) is 3.99. The Morgan fingerprint density at radius 1 is 0.480 bits per heavy atom. The van der Waals surface area contributed by atoms with E-state index in [4.69, 9.17) is 88.6 Å². The van der Waals surface area contributed by atoms with Crippen LogP contribution in [0.25, 0.3) is 0 Å². The van der Waals surface area contributed by atoms with Gasteiger partial charge in [0.1, 0.15) is 11.1 Å². The topological polar surface area (TPSA) is 105 Å². The molecule has 0 N–H and O–H groups in total. The maximum Gasteiger partial charge on any atom is 0.423 e. The normalized spacial score (nSPS) is 10.8. The van der Waals surface area contributed by atoms with Gasteiger partial charge in [-0.15, -0.1) is 0 Å². The summed E-state index contributed by atoms with van der Waals surface area (Å²) < 4.78 is 21.0.